The maximum atomic E-state index is 13.0. The minimum Gasteiger partial charge on any atom is -0.326 e. The van der Waals surface area contributed by atoms with Crippen LogP contribution >= 0.6 is 0 Å². The van der Waals surface area contributed by atoms with Gasteiger partial charge in [-0.15, -0.1) is 0 Å². The Morgan fingerprint density at radius 2 is 1.64 bits per heavy atom. The van der Waals surface area contributed by atoms with Crippen molar-refractivity contribution in [2.45, 2.75) is 11.8 Å². The van der Waals surface area contributed by atoms with Gasteiger partial charge in [0.05, 0.1) is 10.6 Å². The molecule has 0 fully saturated rings. The molecule has 0 spiro atoms. The molecule has 2 amide bonds. The van der Waals surface area contributed by atoms with Gasteiger partial charge in [-0.25, -0.2) is 8.42 Å². The van der Waals surface area contributed by atoms with Crippen molar-refractivity contribution in [3.8, 4) is 0 Å². The molecular weight excluding hydrogens is 378 g/mol. The Morgan fingerprint density at radius 1 is 0.964 bits per heavy atom. The van der Waals surface area contributed by atoms with E-state index in [0.717, 1.165) is 0 Å². The van der Waals surface area contributed by atoms with Gasteiger partial charge in [0.1, 0.15) is 0 Å². The highest BCUT2D eigenvalue weighted by Crippen LogP contribution is 2.39. The fourth-order valence-corrected chi connectivity index (χ4v) is 4.64. The van der Waals surface area contributed by atoms with Crippen molar-refractivity contribution in [1.29, 1.82) is 0 Å². The number of hydrogen-bond acceptors (Lipinski definition) is 4. The number of anilines is 3. The third-order valence-electron chi connectivity index (χ3n) is 4.62. The number of benzene rings is 3. The zero-order valence-electron chi connectivity index (χ0n) is 15.2. The van der Waals surface area contributed by atoms with Crippen molar-refractivity contribution in [3.05, 3.63) is 60.2 Å². The Hall–Kier alpha value is -3.39. The highest BCUT2D eigenvalue weighted by atomic mass is 32.2. The molecule has 0 unspecified atom stereocenters. The van der Waals surface area contributed by atoms with Gasteiger partial charge in [0.25, 0.3) is 15.9 Å². The van der Waals surface area contributed by atoms with E-state index >= 15 is 0 Å². The number of carbonyl (C=O) groups excluding carboxylic acids is 2. The molecule has 0 bridgehead atoms. The maximum absolute atomic E-state index is 13.0. The molecule has 0 radical (unpaired) electrons. The molecule has 0 saturated carbocycles. The average Bonchev–Trinajstić information content (AvgIpc) is 2.90. The van der Waals surface area contributed by atoms with Crippen LogP contribution < -0.4 is 14.9 Å². The van der Waals surface area contributed by atoms with E-state index in [2.05, 4.69) is 10.0 Å². The van der Waals surface area contributed by atoms with Crippen LogP contribution in [0.25, 0.3) is 10.8 Å². The maximum Gasteiger partial charge on any atom is 0.262 e. The Labute approximate surface area is 162 Å². The van der Waals surface area contributed by atoms with Crippen LogP contribution in [0.2, 0.25) is 0 Å². The smallest absolute Gasteiger partial charge is 0.262 e. The minimum absolute atomic E-state index is 0.0992. The van der Waals surface area contributed by atoms with Crippen molar-refractivity contribution >= 4 is 49.7 Å². The van der Waals surface area contributed by atoms with Crippen molar-refractivity contribution in [3.63, 3.8) is 0 Å². The van der Waals surface area contributed by atoms with E-state index in [1.807, 2.05) is 0 Å². The lowest BCUT2D eigenvalue weighted by Crippen LogP contribution is -2.20. The molecule has 2 N–H and O–H groups in total. The van der Waals surface area contributed by atoms with Crippen LogP contribution in [0.15, 0.2) is 59.5 Å². The number of carbonyl (C=O) groups is 2. The standard InChI is InChI=1S/C20H17N3O4S/c1-12(24)21-13-6-8-14(9-7-13)22-28(26,27)18-11-10-17-19-15(18)4-3-5-16(19)20(25)23(17)2/h3-11,22H,1-2H3,(H,21,24). The van der Waals surface area contributed by atoms with Crippen LogP contribution in [0.4, 0.5) is 17.1 Å². The SMILES string of the molecule is CC(=O)Nc1ccc(NS(=O)(=O)c2ccc3c4c(cccc24)C(=O)N3C)cc1. The van der Waals surface area contributed by atoms with E-state index in [0.29, 0.717) is 33.4 Å². The molecule has 28 heavy (non-hydrogen) atoms. The number of sulfonamides is 1. The Bertz CT molecular complexity index is 1230. The van der Waals surface area contributed by atoms with Gasteiger partial charge in [-0.1, -0.05) is 12.1 Å². The number of rotatable bonds is 4. The highest BCUT2D eigenvalue weighted by molar-refractivity contribution is 7.93. The van der Waals surface area contributed by atoms with E-state index in [9.17, 15) is 18.0 Å². The van der Waals surface area contributed by atoms with Gasteiger partial charge in [0, 0.05) is 41.7 Å². The fraction of sp³-hybridized carbons (Fsp3) is 0.100. The molecule has 4 rings (SSSR count). The summed E-state index contributed by atoms with van der Waals surface area (Å²) in [6, 6.07) is 14.6. The lowest BCUT2D eigenvalue weighted by Gasteiger charge is -2.13. The number of amides is 2. The average molecular weight is 395 g/mol. The molecule has 7 nitrogen and oxygen atoms in total. The summed E-state index contributed by atoms with van der Waals surface area (Å²) < 4.78 is 28.6. The molecule has 0 saturated heterocycles. The summed E-state index contributed by atoms with van der Waals surface area (Å²) in [4.78, 5) is 25.1. The second kappa shape index (κ2) is 6.35. The fourth-order valence-electron chi connectivity index (χ4n) is 3.38. The van der Waals surface area contributed by atoms with Crippen molar-refractivity contribution < 1.29 is 18.0 Å². The normalized spacial score (nSPS) is 13.1. The molecule has 0 atom stereocenters. The largest absolute Gasteiger partial charge is 0.326 e. The van der Waals surface area contributed by atoms with Gasteiger partial charge in [0.15, 0.2) is 0 Å². The second-order valence-electron chi connectivity index (χ2n) is 6.54. The molecule has 3 aromatic rings. The predicted octanol–water partition coefficient (Wildman–Crippen LogP) is 3.19. The van der Waals surface area contributed by atoms with Gasteiger partial charge in [-0.3, -0.25) is 14.3 Å². The molecule has 1 heterocycles. The summed E-state index contributed by atoms with van der Waals surface area (Å²) in [7, 11) is -2.22. The summed E-state index contributed by atoms with van der Waals surface area (Å²) in [5.74, 6) is -0.364. The van der Waals surface area contributed by atoms with Crippen LogP contribution in [0.3, 0.4) is 0 Å². The minimum atomic E-state index is -3.88. The Balaban J connectivity index is 1.74. The highest BCUT2D eigenvalue weighted by Gasteiger charge is 2.30. The first-order valence-electron chi connectivity index (χ1n) is 8.52. The molecule has 8 heteroatoms. The van der Waals surface area contributed by atoms with E-state index in [1.165, 1.54) is 17.9 Å². The Morgan fingerprint density at radius 3 is 2.32 bits per heavy atom. The number of nitrogens with one attached hydrogen (secondary N) is 2. The van der Waals surface area contributed by atoms with Crippen LogP contribution in [0, 0.1) is 0 Å². The molecule has 3 aromatic carbocycles. The quantitative estimate of drug-likeness (QED) is 0.709. The lowest BCUT2D eigenvalue weighted by atomic mass is 10.1. The number of hydrogen-bond donors (Lipinski definition) is 2. The first kappa shape index (κ1) is 18.0. The zero-order valence-corrected chi connectivity index (χ0v) is 16.0. The zero-order chi connectivity index (χ0) is 20.1. The van der Waals surface area contributed by atoms with Crippen LogP contribution in [-0.4, -0.2) is 27.3 Å². The van der Waals surface area contributed by atoms with Gasteiger partial charge >= 0.3 is 0 Å². The van der Waals surface area contributed by atoms with Crippen molar-refractivity contribution in [2.24, 2.45) is 0 Å². The first-order valence-corrected chi connectivity index (χ1v) is 10.0. The molecule has 1 aliphatic rings. The van der Waals surface area contributed by atoms with E-state index in [-0.39, 0.29) is 16.7 Å². The van der Waals surface area contributed by atoms with E-state index in [4.69, 9.17) is 0 Å². The summed E-state index contributed by atoms with van der Waals surface area (Å²) >= 11 is 0. The van der Waals surface area contributed by atoms with Crippen molar-refractivity contribution in [1.82, 2.24) is 0 Å². The van der Waals surface area contributed by atoms with Gasteiger partial charge in [-0.2, -0.15) is 0 Å². The van der Waals surface area contributed by atoms with Gasteiger partial charge < -0.3 is 10.2 Å². The van der Waals surface area contributed by atoms with Crippen LogP contribution in [0.5, 0.6) is 0 Å². The monoisotopic (exact) mass is 395 g/mol. The third kappa shape index (κ3) is 2.87. The molecular formula is C20H17N3O4S. The topological polar surface area (TPSA) is 95.6 Å². The summed E-state index contributed by atoms with van der Waals surface area (Å²) in [6.45, 7) is 1.40. The van der Waals surface area contributed by atoms with Crippen molar-refractivity contribution in [2.75, 3.05) is 22.0 Å². The lowest BCUT2D eigenvalue weighted by molar-refractivity contribution is -0.114. The molecule has 1 aliphatic heterocycles. The molecule has 142 valence electrons. The second-order valence-corrected chi connectivity index (χ2v) is 8.19. The predicted molar refractivity (Wildman–Crippen MR) is 108 cm³/mol. The summed E-state index contributed by atoms with van der Waals surface area (Å²) in [5.41, 5.74) is 2.12. The summed E-state index contributed by atoms with van der Waals surface area (Å²) in [5, 5.41) is 3.76. The Kier molecular flexibility index (Phi) is 4.08. The van der Waals surface area contributed by atoms with Crippen LogP contribution in [0.1, 0.15) is 17.3 Å². The molecule has 0 aromatic heterocycles. The van der Waals surface area contributed by atoms with E-state index in [1.54, 1.807) is 55.6 Å². The number of nitrogens with zero attached hydrogens (tertiary/aromatic N) is 1. The van der Waals surface area contributed by atoms with Gasteiger partial charge in [-0.05, 0) is 42.5 Å². The van der Waals surface area contributed by atoms with E-state index < -0.39 is 10.0 Å². The molecule has 0 aliphatic carbocycles. The first-order chi connectivity index (χ1) is 13.3. The van der Waals surface area contributed by atoms with Gasteiger partial charge in [0.2, 0.25) is 5.91 Å². The van der Waals surface area contributed by atoms with Crippen LogP contribution in [-0.2, 0) is 14.8 Å². The summed E-state index contributed by atoms with van der Waals surface area (Å²) in [6.07, 6.45) is 0. The third-order valence-corrected chi connectivity index (χ3v) is 6.06.